The lowest BCUT2D eigenvalue weighted by atomic mass is 9.88. The number of carbonyl (C=O) groups is 9. The zero-order valence-corrected chi connectivity index (χ0v) is 67.2. The summed E-state index contributed by atoms with van der Waals surface area (Å²) in [5.74, 6) is 2.65. The molecular weight excluding hydrogens is 1240 g/mol. The van der Waals surface area contributed by atoms with E-state index in [1.165, 1.54) is 19.1 Å². The van der Waals surface area contributed by atoms with Gasteiger partial charge in [-0.25, -0.2) is 27.3 Å². The Morgan fingerprint density at radius 3 is 1.23 bits per heavy atom. The van der Waals surface area contributed by atoms with Gasteiger partial charge in [-0.15, -0.1) is 6.42 Å². The molecule has 0 aliphatic heterocycles. The summed E-state index contributed by atoms with van der Waals surface area (Å²) in [4.78, 5) is 101. The second-order valence-corrected chi connectivity index (χ2v) is 34.5. The summed E-state index contributed by atoms with van der Waals surface area (Å²) in [6.07, 6.45) is 18.3. The van der Waals surface area contributed by atoms with Crippen molar-refractivity contribution in [2.75, 3.05) is 13.3 Å². The number of hydrogen-bond donors (Lipinski definition) is 1. The summed E-state index contributed by atoms with van der Waals surface area (Å²) in [7, 11) is -3.26. The first-order chi connectivity index (χ1) is 42.5. The van der Waals surface area contributed by atoms with E-state index in [0.29, 0.717) is 31.3 Å². The first kappa shape index (κ1) is 108. The second kappa shape index (κ2) is 52.5. The molecule has 0 saturated carbocycles. The van der Waals surface area contributed by atoms with Crippen molar-refractivity contribution in [2.24, 2.45) is 49.7 Å². The van der Waals surface area contributed by atoms with Crippen LogP contribution in [0.1, 0.15) is 266 Å². The number of carbonyl (C=O) groups excluding carboxylic acids is 9. The molecule has 552 valence electrons. The molecule has 0 amide bonds. The number of allylic oxidation sites excluding steroid dienone is 5. The molecule has 1 aromatic heterocycles. The van der Waals surface area contributed by atoms with Gasteiger partial charge in [0.2, 0.25) is 15.8 Å². The van der Waals surface area contributed by atoms with Crippen molar-refractivity contribution in [3.05, 3.63) is 85.4 Å². The molecule has 1 rings (SSSR count). The van der Waals surface area contributed by atoms with Gasteiger partial charge in [-0.3, -0.25) is 38.4 Å². The third-order valence-electron chi connectivity index (χ3n) is 10.1. The molecule has 0 bridgehead atoms. The fourth-order valence-corrected chi connectivity index (χ4v) is 6.34. The van der Waals surface area contributed by atoms with Gasteiger partial charge >= 0.3 is 5.97 Å². The number of nitrogens with zero attached hydrogens (tertiary/aromatic N) is 3. The maximum absolute atomic E-state index is 11.3. The number of Topliss-reactive ketones (excluding diaryl/α,β-unsaturated/α-hetero) is 5. The van der Waals surface area contributed by atoms with Crippen molar-refractivity contribution in [2.45, 2.75) is 273 Å². The molecule has 0 saturated heterocycles. The third-order valence-corrected chi connectivity index (χ3v) is 11.4. The number of imidazole rings is 1. The number of aromatic nitrogens is 2. The van der Waals surface area contributed by atoms with Crippen molar-refractivity contribution in [1.29, 1.82) is 5.26 Å². The lowest BCUT2D eigenvalue weighted by Crippen LogP contribution is -2.39. The molecule has 0 radical (unpaired) electrons. The number of ketones is 8. The van der Waals surface area contributed by atoms with Crippen molar-refractivity contribution >= 4 is 68.3 Å². The molecule has 0 unspecified atom stereocenters. The molecule has 0 atom stereocenters. The average molecular weight is 1370 g/mol. The Balaban J connectivity index is -0.000000126. The minimum Gasteiger partial charge on any atom is -0.462 e. The number of esters is 1. The highest BCUT2D eigenvalue weighted by Gasteiger charge is 2.22. The number of halogens is 1. The fraction of sp³-hybridized carbons (Fsp3) is 0.654. The van der Waals surface area contributed by atoms with Crippen LogP contribution < -0.4 is 4.72 Å². The van der Waals surface area contributed by atoms with Gasteiger partial charge in [0.25, 0.3) is 0 Å². The summed E-state index contributed by atoms with van der Waals surface area (Å²) in [5, 5.41) is 8.92. The molecule has 1 N–H and O–H groups in total. The second-order valence-electron chi connectivity index (χ2n) is 32.9. The van der Waals surface area contributed by atoms with Gasteiger partial charge in [-0.2, -0.15) is 5.26 Å². The van der Waals surface area contributed by atoms with Crippen LogP contribution in [-0.4, -0.2) is 89.0 Å². The number of sulfonamides is 1. The van der Waals surface area contributed by atoms with E-state index in [4.69, 9.17) is 16.4 Å². The van der Waals surface area contributed by atoms with Crippen LogP contribution in [0.25, 0.3) is 6.08 Å². The monoisotopic (exact) mass is 1370 g/mol. The van der Waals surface area contributed by atoms with E-state index >= 15 is 0 Å². The van der Waals surface area contributed by atoms with Gasteiger partial charge in [0.1, 0.15) is 29.8 Å². The van der Waals surface area contributed by atoms with Crippen LogP contribution in [0.4, 0.5) is 4.39 Å². The van der Waals surface area contributed by atoms with E-state index in [9.17, 15) is 56.0 Å². The van der Waals surface area contributed by atoms with Gasteiger partial charge < -0.3 is 9.30 Å². The summed E-state index contributed by atoms with van der Waals surface area (Å²) < 4.78 is 42.2. The molecule has 96 heavy (non-hydrogen) atoms. The number of rotatable bonds is 18. The lowest BCUT2D eigenvalue weighted by Gasteiger charge is -2.19. The maximum atomic E-state index is 11.3. The van der Waals surface area contributed by atoms with E-state index in [1.54, 1.807) is 72.8 Å². The van der Waals surface area contributed by atoms with Crippen LogP contribution in [0.15, 0.2) is 79.6 Å². The standard InChI is InChI=1S/C10H16N2.C10H18O.C9H16O.2C8H14O2.C8H14O.C8H12O.C6H13NO2S.C6H9NO.C5H9FO/c1-5-9-11-6-7-12(9)8-10(2,3)4;1-8(2)6-9(11)7-10(3,4)5;1-7(2)6-8(10)9(3,4)5;1-6(9)5-7(10)8(2,3)4;1-5-7(9)10-6-8(2,3)4;2*1-5-7(9)6-8(2,3)4;1-5-10(8,9)7-6(2,3)4;1-5(2)6(8)3-4-7;1-4(2)5(7)3-6/h5-7H,1,8H2,2-4H3;6H,7H2,1-5H3;6H,1-5H3;5H2,1-4H3;5H,1,6H2,2-4H3;5H,1,6H2,2-4H3;1H,6H2,2-4H3;5,7H,1H2,2-4H3;5H,3H2,1-2H3;4H,3H2,1-2H3. The summed E-state index contributed by atoms with van der Waals surface area (Å²) in [6, 6.07) is 1.80. The molecule has 1 heterocycles. The Labute approximate surface area is 585 Å². The zero-order chi connectivity index (χ0) is 79.0. The summed E-state index contributed by atoms with van der Waals surface area (Å²) >= 11 is 0. The van der Waals surface area contributed by atoms with Crippen LogP contribution in [0.3, 0.4) is 0 Å². The smallest absolute Gasteiger partial charge is 0.330 e. The molecule has 18 heteroatoms. The predicted octanol–water partition coefficient (Wildman–Crippen LogP) is 18.4. The van der Waals surface area contributed by atoms with E-state index in [1.807, 2.05) is 144 Å². The number of hydrogen-bond acceptors (Lipinski definition) is 14. The lowest BCUT2D eigenvalue weighted by molar-refractivity contribution is -0.140. The minimum atomic E-state index is -3.26. The predicted molar refractivity (Wildman–Crippen MR) is 400 cm³/mol. The molecule has 0 aliphatic carbocycles. The van der Waals surface area contributed by atoms with Gasteiger partial charge in [0, 0.05) is 77.9 Å². The van der Waals surface area contributed by atoms with Crippen molar-refractivity contribution in [3.63, 3.8) is 0 Å². The zero-order valence-electron chi connectivity index (χ0n) is 66.4. The largest absolute Gasteiger partial charge is 0.462 e. The highest BCUT2D eigenvalue weighted by atomic mass is 32.2. The minimum absolute atomic E-state index is 0.00894. The first-order valence-corrected chi connectivity index (χ1v) is 33.7. The van der Waals surface area contributed by atoms with E-state index in [2.05, 4.69) is 88.1 Å². The molecule has 0 fully saturated rings. The van der Waals surface area contributed by atoms with Crippen molar-refractivity contribution in [3.8, 4) is 18.4 Å². The Bertz CT molecular complexity index is 2800. The maximum Gasteiger partial charge on any atom is 0.330 e. The van der Waals surface area contributed by atoms with Gasteiger partial charge in [0.05, 0.1) is 25.5 Å². The van der Waals surface area contributed by atoms with Gasteiger partial charge in [-0.1, -0.05) is 211 Å². The molecular formula is C78H135FN4O12S. The molecule has 16 nitrogen and oxygen atoms in total. The third kappa shape index (κ3) is 93.8. The Morgan fingerprint density at radius 2 is 1.04 bits per heavy atom. The number of alkyl halides is 1. The molecule has 0 spiro atoms. The van der Waals surface area contributed by atoms with Crippen molar-refractivity contribution < 1.29 is 60.7 Å². The van der Waals surface area contributed by atoms with Crippen LogP contribution in [0.5, 0.6) is 0 Å². The van der Waals surface area contributed by atoms with E-state index < -0.39 is 22.2 Å². The number of ether oxygens (including phenoxy) is 1. The number of terminal acetylenes is 1. The highest BCUT2D eigenvalue weighted by molar-refractivity contribution is 7.92. The Hall–Kier alpha value is -6.63. The summed E-state index contributed by atoms with van der Waals surface area (Å²) in [5.41, 5.74) is 1.71. The first-order valence-electron chi connectivity index (χ1n) is 32.1. The Morgan fingerprint density at radius 1 is 0.625 bits per heavy atom. The summed E-state index contributed by atoms with van der Waals surface area (Å²) in [6.45, 7) is 77.8. The van der Waals surface area contributed by atoms with E-state index in [-0.39, 0.29) is 109 Å². The SMILES string of the molecule is C#CC(=O)CC(C)(C)C.C=CC(=O)CC(C)(C)C.C=CC(=O)OCC(C)(C)C.C=CS(=O)(=O)NC(C)(C)C.C=Cc1nccn1CC(C)(C)C.CC(=O)CC(=O)C(C)(C)C.CC(C)=CC(=O)C(C)(C)C.CC(C)=CC(=O)CC(C)(C)C.CC(C)C(=O)CC#N.CC(C)C(=O)CF. The van der Waals surface area contributed by atoms with Crippen LogP contribution >= 0.6 is 0 Å². The van der Waals surface area contributed by atoms with Crippen molar-refractivity contribution in [1.82, 2.24) is 14.3 Å². The van der Waals surface area contributed by atoms with Crippen LogP contribution in [0.2, 0.25) is 0 Å². The molecule has 0 aliphatic rings. The van der Waals surface area contributed by atoms with Gasteiger partial charge in [0.15, 0.2) is 23.1 Å². The van der Waals surface area contributed by atoms with E-state index in [0.717, 1.165) is 28.9 Å². The average Bonchev–Trinajstić information content (AvgIpc) is 1.68. The van der Waals surface area contributed by atoms with Crippen LogP contribution in [-0.2, 0) is 64.5 Å². The quantitative estimate of drug-likeness (QED) is 0.0472. The Kier molecular flexibility index (Phi) is 59.1. The van der Waals surface area contributed by atoms with Gasteiger partial charge in [-0.05, 0) is 113 Å². The van der Waals surface area contributed by atoms with Crippen LogP contribution in [0, 0.1) is 73.4 Å². The molecule has 1 aromatic rings. The topological polar surface area (TPSA) is 251 Å². The number of nitrogens with one attached hydrogen (secondary N) is 1. The highest BCUT2D eigenvalue weighted by Crippen LogP contribution is 2.22. The fourth-order valence-electron chi connectivity index (χ4n) is 5.40. The number of nitriles is 1. The normalized spacial score (nSPS) is 10.9. The molecule has 0 aromatic carbocycles.